The number of anilines is 1. The van der Waals surface area contributed by atoms with E-state index in [2.05, 4.69) is 25.6 Å². The molecule has 108 valence electrons. The van der Waals surface area contributed by atoms with Crippen molar-refractivity contribution in [3.63, 3.8) is 0 Å². The highest BCUT2D eigenvalue weighted by molar-refractivity contribution is 9.10. The van der Waals surface area contributed by atoms with E-state index < -0.39 is 20.7 Å². The zero-order chi connectivity index (χ0) is 14.9. The van der Waals surface area contributed by atoms with E-state index in [0.29, 0.717) is 5.69 Å². The number of nitrogens with one attached hydrogen (secondary N) is 1. The van der Waals surface area contributed by atoms with Gasteiger partial charge in [-0.15, -0.1) is 11.3 Å². The maximum atomic E-state index is 14.0. The number of aromatic nitrogens is 1. The Morgan fingerprint density at radius 1 is 1.55 bits per heavy atom. The molecule has 0 bridgehead atoms. The summed E-state index contributed by atoms with van der Waals surface area (Å²) in [6.45, 7) is -0.0428. The van der Waals surface area contributed by atoms with Crippen LogP contribution in [0.25, 0.3) is 0 Å². The van der Waals surface area contributed by atoms with Crippen molar-refractivity contribution in [3.8, 4) is 0 Å². The van der Waals surface area contributed by atoms with Gasteiger partial charge >= 0.3 is 0 Å². The van der Waals surface area contributed by atoms with Gasteiger partial charge in [0, 0.05) is 5.38 Å². The molecule has 2 rings (SSSR count). The number of nitrogen functional groups attached to an aromatic ring is 1. The molecule has 5 nitrogen and oxygen atoms in total. The highest BCUT2D eigenvalue weighted by Gasteiger charge is 2.24. The molecule has 0 aliphatic carbocycles. The molecule has 1 aromatic carbocycles. The number of benzene rings is 1. The Labute approximate surface area is 132 Å². The lowest BCUT2D eigenvalue weighted by atomic mass is 10.3. The van der Waals surface area contributed by atoms with Crippen molar-refractivity contribution in [1.82, 2.24) is 9.71 Å². The van der Waals surface area contributed by atoms with Gasteiger partial charge < -0.3 is 5.73 Å². The number of hydrogen-bond acceptors (Lipinski definition) is 5. The number of rotatable bonds is 4. The molecule has 0 aliphatic rings. The first-order valence-electron chi connectivity index (χ1n) is 5.12. The first-order chi connectivity index (χ1) is 9.33. The normalized spacial score (nSPS) is 11.8. The van der Waals surface area contributed by atoms with E-state index >= 15 is 0 Å². The van der Waals surface area contributed by atoms with Crippen LogP contribution in [0.4, 0.5) is 10.1 Å². The summed E-state index contributed by atoms with van der Waals surface area (Å²) in [6.07, 6.45) is 0. The molecule has 0 aliphatic heterocycles. The predicted molar refractivity (Wildman–Crippen MR) is 79.7 cm³/mol. The first-order valence-corrected chi connectivity index (χ1v) is 8.72. The van der Waals surface area contributed by atoms with Crippen molar-refractivity contribution >= 4 is 54.6 Å². The molecule has 0 saturated carbocycles. The number of nitrogens with two attached hydrogens (primary N) is 1. The van der Waals surface area contributed by atoms with E-state index in [9.17, 15) is 12.8 Å². The third-order valence-corrected chi connectivity index (χ3v) is 5.79. The Morgan fingerprint density at radius 2 is 2.25 bits per heavy atom. The van der Waals surface area contributed by atoms with Crippen molar-refractivity contribution in [2.45, 2.75) is 11.4 Å². The number of sulfonamides is 1. The van der Waals surface area contributed by atoms with Crippen molar-refractivity contribution in [2.24, 2.45) is 0 Å². The molecule has 0 fully saturated rings. The van der Waals surface area contributed by atoms with Gasteiger partial charge in [0.15, 0.2) is 5.82 Å². The van der Waals surface area contributed by atoms with Crippen LogP contribution in [0.3, 0.4) is 0 Å². The Kier molecular flexibility index (Phi) is 4.65. The summed E-state index contributed by atoms with van der Waals surface area (Å²) in [7, 11) is -4.07. The smallest absolute Gasteiger partial charge is 0.243 e. The third kappa shape index (κ3) is 3.12. The third-order valence-electron chi connectivity index (χ3n) is 2.37. The summed E-state index contributed by atoms with van der Waals surface area (Å²) in [5.41, 5.74) is 7.21. The van der Waals surface area contributed by atoms with Gasteiger partial charge in [0.05, 0.1) is 32.9 Å². The maximum Gasteiger partial charge on any atom is 0.243 e. The number of halogens is 3. The first kappa shape index (κ1) is 15.6. The molecule has 1 aromatic heterocycles. The zero-order valence-electron chi connectivity index (χ0n) is 9.73. The van der Waals surface area contributed by atoms with Gasteiger partial charge in [0.1, 0.15) is 4.90 Å². The minimum absolute atomic E-state index is 0.0120. The summed E-state index contributed by atoms with van der Waals surface area (Å²) in [6, 6.07) is 1.00. The molecular weight excluding hydrogens is 393 g/mol. The number of hydrogen-bond donors (Lipinski definition) is 2. The van der Waals surface area contributed by atoms with Gasteiger partial charge in [-0.05, 0) is 22.0 Å². The van der Waals surface area contributed by atoms with Gasteiger partial charge in [-0.1, -0.05) is 11.6 Å². The van der Waals surface area contributed by atoms with Crippen LogP contribution in [0.15, 0.2) is 26.3 Å². The van der Waals surface area contributed by atoms with Crippen LogP contribution in [0, 0.1) is 5.82 Å². The second-order valence-corrected chi connectivity index (χ2v) is 7.36. The van der Waals surface area contributed by atoms with Crippen LogP contribution in [-0.4, -0.2) is 13.4 Å². The van der Waals surface area contributed by atoms with Gasteiger partial charge in [-0.3, -0.25) is 0 Å². The molecule has 20 heavy (non-hydrogen) atoms. The Hall–Kier alpha value is -0.740. The van der Waals surface area contributed by atoms with E-state index in [1.807, 2.05) is 0 Å². The minimum Gasteiger partial charge on any atom is -0.395 e. The molecule has 0 unspecified atom stereocenters. The molecule has 0 spiro atoms. The fourth-order valence-electron chi connectivity index (χ4n) is 1.37. The van der Waals surface area contributed by atoms with Crippen molar-refractivity contribution in [1.29, 1.82) is 0 Å². The number of nitrogens with zero attached hydrogens (tertiary/aromatic N) is 1. The SMILES string of the molecule is Nc1c(F)c(S(=O)(=O)NCc2cscn2)cc(Cl)c1Br. The lowest BCUT2D eigenvalue weighted by Gasteiger charge is -2.10. The van der Waals surface area contributed by atoms with E-state index in [1.165, 1.54) is 11.3 Å². The van der Waals surface area contributed by atoms with Crippen LogP contribution in [0.1, 0.15) is 5.69 Å². The summed E-state index contributed by atoms with van der Waals surface area (Å²) in [5.74, 6) is -1.05. The second-order valence-electron chi connectivity index (χ2n) is 3.70. The van der Waals surface area contributed by atoms with Crippen molar-refractivity contribution < 1.29 is 12.8 Å². The zero-order valence-corrected chi connectivity index (χ0v) is 13.7. The summed E-state index contributed by atoms with van der Waals surface area (Å²) in [4.78, 5) is 3.33. The van der Waals surface area contributed by atoms with E-state index in [4.69, 9.17) is 17.3 Å². The van der Waals surface area contributed by atoms with Gasteiger partial charge in [-0.2, -0.15) is 0 Å². The van der Waals surface area contributed by atoms with Crippen molar-refractivity contribution in [3.05, 3.63) is 38.0 Å². The Bertz CT molecular complexity index is 737. The molecule has 2 aromatic rings. The van der Waals surface area contributed by atoms with E-state index in [0.717, 1.165) is 6.07 Å². The minimum atomic E-state index is -4.07. The van der Waals surface area contributed by atoms with Gasteiger partial charge in [0.2, 0.25) is 10.0 Å². The monoisotopic (exact) mass is 399 g/mol. The van der Waals surface area contributed by atoms with Crippen LogP contribution in [-0.2, 0) is 16.6 Å². The van der Waals surface area contributed by atoms with Gasteiger partial charge in [0.25, 0.3) is 0 Å². The highest BCUT2D eigenvalue weighted by Crippen LogP contribution is 2.34. The average Bonchev–Trinajstić information content (AvgIpc) is 2.91. The summed E-state index contributed by atoms with van der Waals surface area (Å²) < 4.78 is 40.4. The topological polar surface area (TPSA) is 85.1 Å². The van der Waals surface area contributed by atoms with Crippen LogP contribution in [0.2, 0.25) is 5.02 Å². The highest BCUT2D eigenvalue weighted by atomic mass is 79.9. The van der Waals surface area contributed by atoms with Crippen LogP contribution < -0.4 is 10.5 Å². The lowest BCUT2D eigenvalue weighted by Crippen LogP contribution is -2.24. The van der Waals surface area contributed by atoms with Crippen molar-refractivity contribution in [2.75, 3.05) is 5.73 Å². The Balaban J connectivity index is 2.35. The fourth-order valence-corrected chi connectivity index (χ4v) is 3.60. The lowest BCUT2D eigenvalue weighted by molar-refractivity contribution is 0.558. The molecule has 3 N–H and O–H groups in total. The molecule has 10 heteroatoms. The number of thiazole rings is 1. The molecule has 1 heterocycles. The van der Waals surface area contributed by atoms with Crippen LogP contribution in [0.5, 0.6) is 0 Å². The molecular formula is C10H8BrClFN3O2S2. The quantitative estimate of drug-likeness (QED) is 0.610. The second kappa shape index (κ2) is 5.94. The summed E-state index contributed by atoms with van der Waals surface area (Å²) in [5, 5.41) is 1.69. The molecule has 0 saturated heterocycles. The van der Waals surface area contributed by atoms with Crippen LogP contribution >= 0.6 is 38.9 Å². The molecule has 0 amide bonds. The molecule has 0 atom stereocenters. The predicted octanol–water partition coefficient (Wildman–Crippen LogP) is 2.76. The van der Waals surface area contributed by atoms with E-state index in [1.54, 1.807) is 10.9 Å². The van der Waals surface area contributed by atoms with Gasteiger partial charge in [-0.25, -0.2) is 22.5 Å². The maximum absolute atomic E-state index is 14.0. The van der Waals surface area contributed by atoms with E-state index in [-0.39, 0.29) is 21.7 Å². The Morgan fingerprint density at radius 3 is 2.85 bits per heavy atom. The largest absolute Gasteiger partial charge is 0.395 e. The fraction of sp³-hybridized carbons (Fsp3) is 0.100. The average molecular weight is 401 g/mol. The standard InChI is InChI=1S/C10H8BrClFN3O2S2/c11-8-6(12)1-7(9(13)10(8)14)20(17,18)16-2-5-3-19-4-15-5/h1,3-4,16H,2,14H2. The molecule has 0 radical (unpaired) electrons. The summed E-state index contributed by atoms with van der Waals surface area (Å²) >= 11 is 10.1.